The summed E-state index contributed by atoms with van der Waals surface area (Å²) in [5.41, 5.74) is 5.34. The fourth-order valence-electron chi connectivity index (χ4n) is 2.29. The molecule has 100 valence electrons. The zero-order valence-electron chi connectivity index (χ0n) is 11.0. The quantitative estimate of drug-likeness (QED) is 0.571. The number of hydrogen-bond donors (Lipinski definition) is 1. The first-order valence-corrected chi connectivity index (χ1v) is 6.59. The number of nitrogens with two attached hydrogens (primary N) is 1. The van der Waals surface area contributed by atoms with E-state index in [0.29, 0.717) is 19.8 Å². The number of hydrogen-bond acceptors (Lipinski definition) is 4. The van der Waals surface area contributed by atoms with Gasteiger partial charge in [-0.25, -0.2) is 0 Å². The van der Waals surface area contributed by atoms with Gasteiger partial charge >= 0.3 is 5.97 Å². The summed E-state index contributed by atoms with van der Waals surface area (Å²) < 4.78 is 10.6. The lowest BCUT2D eigenvalue weighted by atomic mass is 9.74. The van der Waals surface area contributed by atoms with Gasteiger partial charge in [0.15, 0.2) is 0 Å². The second kappa shape index (κ2) is 6.97. The van der Waals surface area contributed by atoms with Gasteiger partial charge in [0, 0.05) is 6.54 Å². The van der Waals surface area contributed by atoms with E-state index in [1.54, 1.807) is 0 Å². The summed E-state index contributed by atoms with van der Waals surface area (Å²) in [4.78, 5) is 12.0. The first-order chi connectivity index (χ1) is 8.10. The minimum Gasteiger partial charge on any atom is -0.463 e. The molecule has 0 saturated heterocycles. The molecule has 4 nitrogen and oxygen atoms in total. The maximum absolute atomic E-state index is 12.0. The molecule has 0 atom stereocenters. The minimum absolute atomic E-state index is 0.132. The van der Waals surface area contributed by atoms with Crippen LogP contribution in [0.15, 0.2) is 0 Å². The third-order valence-electron chi connectivity index (χ3n) is 3.40. The van der Waals surface area contributed by atoms with E-state index in [9.17, 15) is 4.79 Å². The highest BCUT2D eigenvalue weighted by Crippen LogP contribution is 2.36. The lowest BCUT2D eigenvalue weighted by molar-refractivity contribution is -0.159. The number of rotatable bonds is 6. The van der Waals surface area contributed by atoms with Gasteiger partial charge in [-0.2, -0.15) is 0 Å². The van der Waals surface area contributed by atoms with Crippen molar-refractivity contribution in [2.45, 2.75) is 52.1 Å². The molecule has 0 spiro atoms. The summed E-state index contributed by atoms with van der Waals surface area (Å²) in [6.07, 6.45) is 5.27. The zero-order valence-corrected chi connectivity index (χ0v) is 11.0. The van der Waals surface area contributed by atoms with Crippen molar-refractivity contribution in [1.82, 2.24) is 0 Å². The van der Waals surface area contributed by atoms with E-state index in [2.05, 4.69) is 0 Å². The van der Waals surface area contributed by atoms with E-state index in [1.165, 1.54) is 6.42 Å². The zero-order chi connectivity index (χ0) is 12.7. The van der Waals surface area contributed by atoms with Crippen molar-refractivity contribution in [1.29, 1.82) is 0 Å². The van der Waals surface area contributed by atoms with Crippen LogP contribution in [0.5, 0.6) is 0 Å². The molecular formula is C13H25NO3. The van der Waals surface area contributed by atoms with Crippen LogP contribution in [0.25, 0.3) is 0 Å². The van der Waals surface area contributed by atoms with Gasteiger partial charge in [0.1, 0.15) is 6.61 Å². The summed E-state index contributed by atoms with van der Waals surface area (Å²) in [5.74, 6) is -0.132. The largest absolute Gasteiger partial charge is 0.463 e. The monoisotopic (exact) mass is 243 g/mol. The Balaban J connectivity index is 2.33. The Labute approximate surface area is 104 Å². The van der Waals surface area contributed by atoms with E-state index in [0.717, 1.165) is 25.7 Å². The van der Waals surface area contributed by atoms with Crippen molar-refractivity contribution in [3.63, 3.8) is 0 Å². The van der Waals surface area contributed by atoms with Crippen LogP contribution >= 0.6 is 0 Å². The van der Waals surface area contributed by atoms with Crippen molar-refractivity contribution in [2.75, 3.05) is 19.8 Å². The minimum atomic E-state index is -0.421. The molecule has 0 aromatic rings. The predicted octanol–water partition coefficient (Wildman–Crippen LogP) is 1.86. The standard InChI is InChI=1S/C13H25NO3/c1-11(2)16-8-9-17-12(15)13(10-14)6-4-3-5-7-13/h11H,3-10,14H2,1-2H3. The average molecular weight is 243 g/mol. The molecule has 0 aromatic heterocycles. The Kier molecular flexibility index (Phi) is 5.92. The van der Waals surface area contributed by atoms with Gasteiger partial charge in [-0.1, -0.05) is 19.3 Å². The van der Waals surface area contributed by atoms with E-state index >= 15 is 0 Å². The van der Waals surface area contributed by atoms with Gasteiger partial charge < -0.3 is 15.2 Å². The summed E-state index contributed by atoms with van der Waals surface area (Å²) >= 11 is 0. The van der Waals surface area contributed by atoms with Crippen LogP contribution in [0, 0.1) is 5.41 Å². The number of carbonyl (C=O) groups excluding carboxylic acids is 1. The van der Waals surface area contributed by atoms with Crippen LogP contribution in [0.4, 0.5) is 0 Å². The predicted molar refractivity (Wildman–Crippen MR) is 66.6 cm³/mol. The molecule has 17 heavy (non-hydrogen) atoms. The van der Waals surface area contributed by atoms with E-state index in [4.69, 9.17) is 15.2 Å². The van der Waals surface area contributed by atoms with E-state index in [1.807, 2.05) is 13.8 Å². The highest BCUT2D eigenvalue weighted by atomic mass is 16.6. The molecule has 0 heterocycles. The average Bonchev–Trinajstić information content (AvgIpc) is 2.35. The van der Waals surface area contributed by atoms with Gasteiger partial charge in [0.25, 0.3) is 0 Å². The molecule has 0 unspecified atom stereocenters. The Hall–Kier alpha value is -0.610. The third kappa shape index (κ3) is 4.28. The molecule has 1 aliphatic rings. The number of ether oxygens (including phenoxy) is 2. The first kappa shape index (κ1) is 14.5. The van der Waals surface area contributed by atoms with Crippen LogP contribution in [-0.2, 0) is 14.3 Å². The molecule has 1 fully saturated rings. The van der Waals surface area contributed by atoms with Gasteiger partial charge in [0.05, 0.1) is 18.1 Å². The molecule has 0 aliphatic heterocycles. The highest BCUT2D eigenvalue weighted by molar-refractivity contribution is 5.77. The van der Waals surface area contributed by atoms with Crippen molar-refractivity contribution in [3.05, 3.63) is 0 Å². The molecule has 1 saturated carbocycles. The molecular weight excluding hydrogens is 218 g/mol. The number of carbonyl (C=O) groups is 1. The van der Waals surface area contributed by atoms with Crippen molar-refractivity contribution >= 4 is 5.97 Å². The van der Waals surface area contributed by atoms with Gasteiger partial charge in [0.2, 0.25) is 0 Å². The second-order valence-electron chi connectivity index (χ2n) is 5.10. The van der Waals surface area contributed by atoms with E-state index < -0.39 is 5.41 Å². The summed E-state index contributed by atoms with van der Waals surface area (Å²) in [7, 11) is 0. The maximum Gasteiger partial charge on any atom is 0.313 e. The normalized spacial score (nSPS) is 19.3. The van der Waals surface area contributed by atoms with E-state index in [-0.39, 0.29) is 12.1 Å². The molecule has 1 rings (SSSR count). The van der Waals surface area contributed by atoms with Gasteiger partial charge in [-0.15, -0.1) is 0 Å². The Morgan fingerprint density at radius 3 is 2.41 bits per heavy atom. The fraction of sp³-hybridized carbons (Fsp3) is 0.923. The Morgan fingerprint density at radius 2 is 1.88 bits per heavy atom. The summed E-state index contributed by atoms with van der Waals surface area (Å²) in [6, 6.07) is 0. The SMILES string of the molecule is CC(C)OCCOC(=O)C1(CN)CCCCC1. The fourth-order valence-corrected chi connectivity index (χ4v) is 2.29. The van der Waals surface area contributed by atoms with Crippen molar-refractivity contribution < 1.29 is 14.3 Å². The van der Waals surface area contributed by atoms with Crippen LogP contribution in [-0.4, -0.2) is 31.8 Å². The summed E-state index contributed by atoms with van der Waals surface area (Å²) in [5, 5.41) is 0. The van der Waals surface area contributed by atoms with Crippen LogP contribution in [0.2, 0.25) is 0 Å². The number of esters is 1. The smallest absolute Gasteiger partial charge is 0.313 e. The molecule has 0 aromatic carbocycles. The highest BCUT2D eigenvalue weighted by Gasteiger charge is 2.39. The molecule has 1 aliphatic carbocycles. The van der Waals surface area contributed by atoms with Crippen molar-refractivity contribution in [2.24, 2.45) is 11.1 Å². The lowest BCUT2D eigenvalue weighted by Gasteiger charge is -2.33. The van der Waals surface area contributed by atoms with Gasteiger partial charge in [-0.3, -0.25) is 4.79 Å². The molecule has 4 heteroatoms. The topological polar surface area (TPSA) is 61.5 Å². The van der Waals surface area contributed by atoms with Crippen LogP contribution in [0.3, 0.4) is 0 Å². The second-order valence-corrected chi connectivity index (χ2v) is 5.10. The Morgan fingerprint density at radius 1 is 1.24 bits per heavy atom. The molecule has 2 N–H and O–H groups in total. The first-order valence-electron chi connectivity index (χ1n) is 6.59. The van der Waals surface area contributed by atoms with Gasteiger partial charge in [-0.05, 0) is 26.7 Å². The lowest BCUT2D eigenvalue weighted by Crippen LogP contribution is -2.42. The summed E-state index contributed by atoms with van der Waals surface area (Å²) in [6.45, 7) is 5.12. The van der Waals surface area contributed by atoms with Crippen LogP contribution in [0.1, 0.15) is 46.0 Å². The molecule has 0 amide bonds. The van der Waals surface area contributed by atoms with Crippen molar-refractivity contribution in [3.8, 4) is 0 Å². The maximum atomic E-state index is 12.0. The third-order valence-corrected chi connectivity index (χ3v) is 3.40. The molecule has 0 bridgehead atoms. The van der Waals surface area contributed by atoms with Crippen LogP contribution < -0.4 is 5.73 Å². The Bertz CT molecular complexity index is 235. The molecule has 0 radical (unpaired) electrons.